The van der Waals surface area contributed by atoms with Gasteiger partial charge in [0.15, 0.2) is 0 Å². The summed E-state index contributed by atoms with van der Waals surface area (Å²) in [5, 5.41) is 7.85. The van der Waals surface area contributed by atoms with Crippen LogP contribution in [0.2, 0.25) is 0 Å². The normalized spacial score (nSPS) is 10.9. The van der Waals surface area contributed by atoms with Crippen LogP contribution in [-0.4, -0.2) is 23.4 Å². The molecule has 0 aliphatic rings. The van der Waals surface area contributed by atoms with E-state index in [4.69, 9.17) is 0 Å². The molecule has 21 heavy (non-hydrogen) atoms. The molecular formula is C16H23FN4. The quantitative estimate of drug-likeness (QED) is 0.888. The fraction of sp³-hybridized carbons (Fsp3) is 0.438. The summed E-state index contributed by atoms with van der Waals surface area (Å²) in [6.45, 7) is 6.46. The number of anilines is 1. The van der Waals surface area contributed by atoms with Crippen LogP contribution in [-0.2, 0) is 20.1 Å². The molecule has 114 valence electrons. The van der Waals surface area contributed by atoms with Gasteiger partial charge in [-0.05, 0) is 31.2 Å². The third-order valence-electron chi connectivity index (χ3n) is 3.54. The van der Waals surface area contributed by atoms with E-state index >= 15 is 0 Å². The van der Waals surface area contributed by atoms with Crippen LogP contribution < -0.4 is 10.2 Å². The molecule has 5 heteroatoms. The molecule has 0 spiro atoms. The zero-order chi connectivity index (χ0) is 15.4. The Balaban J connectivity index is 2.24. The highest BCUT2D eigenvalue weighted by Crippen LogP contribution is 2.23. The lowest BCUT2D eigenvalue weighted by atomic mass is 10.2. The standard InChI is InChI=1S/C16H23FN4/c1-5-18-10-15-12(2)19-21(4)16(15)20(3)11-13-7-6-8-14(17)9-13/h6-9,18H,5,10-11H2,1-4H3. The van der Waals surface area contributed by atoms with Crippen molar-refractivity contribution in [2.45, 2.75) is 26.9 Å². The third kappa shape index (κ3) is 3.61. The Kier molecular flexibility index (Phi) is 4.96. The van der Waals surface area contributed by atoms with Gasteiger partial charge in [-0.3, -0.25) is 4.68 Å². The smallest absolute Gasteiger partial charge is 0.131 e. The van der Waals surface area contributed by atoms with Crippen LogP contribution in [0.4, 0.5) is 10.2 Å². The molecule has 0 fully saturated rings. The van der Waals surface area contributed by atoms with Gasteiger partial charge in [-0.25, -0.2) is 4.39 Å². The summed E-state index contributed by atoms with van der Waals surface area (Å²) < 4.78 is 15.2. The highest BCUT2D eigenvalue weighted by molar-refractivity contribution is 5.50. The van der Waals surface area contributed by atoms with Crippen LogP contribution in [0.15, 0.2) is 24.3 Å². The van der Waals surface area contributed by atoms with E-state index in [1.807, 2.05) is 31.8 Å². The lowest BCUT2D eigenvalue weighted by Crippen LogP contribution is -2.22. The zero-order valence-electron chi connectivity index (χ0n) is 13.2. The number of nitrogens with one attached hydrogen (secondary N) is 1. The monoisotopic (exact) mass is 290 g/mol. The Morgan fingerprint density at radius 3 is 2.81 bits per heavy atom. The summed E-state index contributed by atoms with van der Waals surface area (Å²) in [5.41, 5.74) is 3.17. The molecule has 0 amide bonds. The number of aryl methyl sites for hydroxylation is 2. The molecule has 0 radical (unpaired) electrons. The third-order valence-corrected chi connectivity index (χ3v) is 3.54. The molecule has 0 saturated heterocycles. The van der Waals surface area contributed by atoms with Crippen molar-refractivity contribution in [3.63, 3.8) is 0 Å². The van der Waals surface area contributed by atoms with Crippen LogP contribution in [0.25, 0.3) is 0 Å². The van der Waals surface area contributed by atoms with Gasteiger partial charge in [0.1, 0.15) is 11.6 Å². The maximum atomic E-state index is 13.3. The van der Waals surface area contributed by atoms with Gasteiger partial charge in [-0.2, -0.15) is 5.10 Å². The van der Waals surface area contributed by atoms with Crippen molar-refractivity contribution in [2.75, 3.05) is 18.5 Å². The van der Waals surface area contributed by atoms with E-state index in [9.17, 15) is 4.39 Å². The first-order chi connectivity index (χ1) is 10.0. The molecule has 2 rings (SSSR count). The maximum Gasteiger partial charge on any atom is 0.131 e. The molecule has 2 aromatic rings. The maximum absolute atomic E-state index is 13.3. The summed E-state index contributed by atoms with van der Waals surface area (Å²) in [6.07, 6.45) is 0. The molecular weight excluding hydrogens is 267 g/mol. The number of halogens is 1. The van der Waals surface area contributed by atoms with Crippen LogP contribution in [0.1, 0.15) is 23.7 Å². The second-order valence-corrected chi connectivity index (χ2v) is 5.28. The Hall–Kier alpha value is -1.88. The number of rotatable bonds is 6. The first-order valence-corrected chi connectivity index (χ1v) is 7.21. The summed E-state index contributed by atoms with van der Waals surface area (Å²) in [4.78, 5) is 2.11. The van der Waals surface area contributed by atoms with Gasteiger partial charge >= 0.3 is 0 Å². The highest BCUT2D eigenvalue weighted by atomic mass is 19.1. The number of nitrogens with zero attached hydrogens (tertiary/aromatic N) is 3. The first-order valence-electron chi connectivity index (χ1n) is 7.21. The van der Waals surface area contributed by atoms with Crippen molar-refractivity contribution in [1.82, 2.24) is 15.1 Å². The molecule has 0 saturated carbocycles. The predicted molar refractivity (Wildman–Crippen MR) is 83.8 cm³/mol. The molecule has 0 aliphatic carbocycles. The van der Waals surface area contributed by atoms with Gasteiger partial charge in [0.05, 0.1) is 5.69 Å². The van der Waals surface area contributed by atoms with Crippen LogP contribution in [0, 0.1) is 12.7 Å². The summed E-state index contributed by atoms with van der Waals surface area (Å²) in [5.74, 6) is 0.868. The second kappa shape index (κ2) is 6.72. The molecule has 0 bridgehead atoms. The van der Waals surface area contributed by atoms with E-state index in [1.54, 1.807) is 12.1 Å². The molecule has 0 aliphatic heterocycles. The molecule has 1 N–H and O–H groups in total. The number of hydrogen-bond donors (Lipinski definition) is 1. The van der Waals surface area contributed by atoms with Crippen LogP contribution in [0.5, 0.6) is 0 Å². The number of aromatic nitrogens is 2. The Labute approximate surface area is 125 Å². The summed E-state index contributed by atoms with van der Waals surface area (Å²) >= 11 is 0. The van der Waals surface area contributed by atoms with Gasteiger partial charge in [-0.15, -0.1) is 0 Å². The van der Waals surface area contributed by atoms with Crippen molar-refractivity contribution in [3.05, 3.63) is 46.9 Å². The van der Waals surface area contributed by atoms with Gasteiger partial charge in [-0.1, -0.05) is 19.1 Å². The number of benzene rings is 1. The Morgan fingerprint density at radius 1 is 1.38 bits per heavy atom. The minimum Gasteiger partial charge on any atom is -0.355 e. The second-order valence-electron chi connectivity index (χ2n) is 5.28. The van der Waals surface area contributed by atoms with E-state index in [0.717, 1.165) is 30.2 Å². The largest absolute Gasteiger partial charge is 0.355 e. The van der Waals surface area contributed by atoms with Crippen molar-refractivity contribution in [2.24, 2.45) is 7.05 Å². The van der Waals surface area contributed by atoms with Crippen molar-refractivity contribution >= 4 is 5.82 Å². The van der Waals surface area contributed by atoms with Crippen LogP contribution in [0.3, 0.4) is 0 Å². The molecule has 4 nitrogen and oxygen atoms in total. The topological polar surface area (TPSA) is 33.1 Å². The molecule has 1 heterocycles. The minimum atomic E-state index is -0.199. The average Bonchev–Trinajstić information content (AvgIpc) is 2.70. The Bertz CT molecular complexity index is 606. The molecule has 0 atom stereocenters. The van der Waals surface area contributed by atoms with Gasteiger partial charge in [0, 0.05) is 32.7 Å². The fourth-order valence-electron chi connectivity index (χ4n) is 2.61. The van der Waals surface area contributed by atoms with Gasteiger partial charge in [0.25, 0.3) is 0 Å². The van der Waals surface area contributed by atoms with Crippen molar-refractivity contribution in [3.8, 4) is 0 Å². The molecule has 0 unspecified atom stereocenters. The SMILES string of the molecule is CCNCc1c(C)nn(C)c1N(C)Cc1cccc(F)c1. The van der Waals surface area contributed by atoms with E-state index in [1.165, 1.54) is 11.6 Å². The zero-order valence-corrected chi connectivity index (χ0v) is 13.2. The summed E-state index contributed by atoms with van der Waals surface area (Å²) in [6, 6.07) is 6.72. The van der Waals surface area contributed by atoms with Gasteiger partial charge < -0.3 is 10.2 Å². The highest BCUT2D eigenvalue weighted by Gasteiger charge is 2.16. The number of hydrogen-bond acceptors (Lipinski definition) is 3. The summed E-state index contributed by atoms with van der Waals surface area (Å²) in [7, 11) is 3.96. The fourth-order valence-corrected chi connectivity index (χ4v) is 2.61. The predicted octanol–water partition coefficient (Wildman–Crippen LogP) is 2.61. The van der Waals surface area contributed by atoms with E-state index in [0.29, 0.717) is 6.54 Å². The van der Waals surface area contributed by atoms with E-state index in [2.05, 4.69) is 22.2 Å². The van der Waals surface area contributed by atoms with Crippen LogP contribution >= 0.6 is 0 Å². The lowest BCUT2D eigenvalue weighted by molar-refractivity contribution is 0.624. The first kappa shape index (κ1) is 15.5. The Morgan fingerprint density at radius 2 is 2.14 bits per heavy atom. The van der Waals surface area contributed by atoms with E-state index < -0.39 is 0 Å². The van der Waals surface area contributed by atoms with Crippen molar-refractivity contribution < 1.29 is 4.39 Å². The lowest BCUT2D eigenvalue weighted by Gasteiger charge is -2.21. The average molecular weight is 290 g/mol. The molecule has 1 aromatic carbocycles. The molecule has 1 aromatic heterocycles. The van der Waals surface area contributed by atoms with E-state index in [-0.39, 0.29) is 5.82 Å². The van der Waals surface area contributed by atoms with Crippen molar-refractivity contribution in [1.29, 1.82) is 0 Å². The van der Waals surface area contributed by atoms with Gasteiger partial charge in [0.2, 0.25) is 0 Å². The minimum absolute atomic E-state index is 0.199.